The maximum absolute atomic E-state index is 12.5. The number of nitrogens with zero attached hydrogens (tertiary/aromatic N) is 2. The summed E-state index contributed by atoms with van der Waals surface area (Å²) >= 11 is 0. The predicted octanol–water partition coefficient (Wildman–Crippen LogP) is 5.66. The molecule has 7 nitrogen and oxygen atoms in total. The molecule has 210 valence electrons. The molecule has 0 atom stereocenters. The van der Waals surface area contributed by atoms with Crippen molar-refractivity contribution in [3.8, 4) is 23.0 Å². The summed E-state index contributed by atoms with van der Waals surface area (Å²) in [5.74, 6) is 3.45. The van der Waals surface area contributed by atoms with Crippen LogP contribution in [0.25, 0.3) is 11.1 Å². The summed E-state index contributed by atoms with van der Waals surface area (Å²) in [6.07, 6.45) is 2.80. The molecule has 39 heavy (non-hydrogen) atoms. The largest absolute Gasteiger partial charge is 0.497 e. The molecule has 1 fully saturated rings. The molecule has 7 heteroatoms. The van der Waals surface area contributed by atoms with E-state index >= 15 is 0 Å². The molecule has 3 aliphatic rings. The number of likely N-dealkylation sites (N-methyl/N-ethyl adjacent to an activating group) is 1. The Balaban J connectivity index is 1.35. The monoisotopic (exact) mass is 534 g/mol. The maximum Gasteiger partial charge on any atom is 0.222 e. The van der Waals surface area contributed by atoms with Gasteiger partial charge in [-0.05, 0) is 76.6 Å². The number of carbonyl (C=O) groups excluding carboxylic acids is 1. The molecule has 0 saturated carbocycles. The summed E-state index contributed by atoms with van der Waals surface area (Å²) in [7, 11) is 3.77. The van der Waals surface area contributed by atoms with E-state index in [1.54, 1.807) is 7.11 Å². The van der Waals surface area contributed by atoms with Crippen molar-refractivity contribution in [1.29, 1.82) is 0 Å². The van der Waals surface area contributed by atoms with Crippen LogP contribution in [-0.2, 0) is 4.79 Å². The highest BCUT2D eigenvalue weighted by atomic mass is 16.5. The molecule has 5 rings (SSSR count). The molecule has 1 saturated heterocycles. The van der Waals surface area contributed by atoms with Gasteiger partial charge in [0, 0.05) is 68.7 Å². The Labute approximate surface area is 232 Å². The van der Waals surface area contributed by atoms with Crippen LogP contribution < -0.4 is 18.9 Å². The number of ether oxygens (including phenoxy) is 4. The molecular formula is C32H42N2O5. The first-order valence-electron chi connectivity index (χ1n) is 14.1. The first kappa shape index (κ1) is 27.4. The lowest BCUT2D eigenvalue weighted by Gasteiger charge is -2.39. The standard InChI is InChI=1S/C32H42N2O5/c1-31(2)20-26(24-11-9-22(36-6)18-28(24)38-31)27-21-32(3,4)39-29-19-23(10-12-25(27)29)37-17-7-8-30(35)34-15-13-33(5)14-16-34/h9-12,18-19H,7-8,13-17,20-21H2,1-6H3/b27-26+. The van der Waals surface area contributed by atoms with Crippen molar-refractivity contribution in [3.63, 3.8) is 0 Å². The van der Waals surface area contributed by atoms with E-state index in [9.17, 15) is 4.79 Å². The lowest BCUT2D eigenvalue weighted by atomic mass is 9.79. The van der Waals surface area contributed by atoms with E-state index in [-0.39, 0.29) is 17.1 Å². The molecule has 0 radical (unpaired) electrons. The van der Waals surface area contributed by atoms with Gasteiger partial charge in [-0.3, -0.25) is 4.79 Å². The van der Waals surface area contributed by atoms with Crippen LogP contribution in [0.3, 0.4) is 0 Å². The van der Waals surface area contributed by atoms with E-state index in [1.165, 1.54) is 11.1 Å². The average molecular weight is 535 g/mol. The molecule has 3 aliphatic heterocycles. The summed E-state index contributed by atoms with van der Waals surface area (Å²) < 4.78 is 24.4. The van der Waals surface area contributed by atoms with E-state index in [2.05, 4.69) is 51.8 Å². The zero-order chi connectivity index (χ0) is 27.8. The predicted molar refractivity (Wildman–Crippen MR) is 154 cm³/mol. The maximum atomic E-state index is 12.5. The Morgan fingerprint density at radius 2 is 1.38 bits per heavy atom. The number of piperazine rings is 1. The van der Waals surface area contributed by atoms with Gasteiger partial charge >= 0.3 is 0 Å². The molecule has 3 heterocycles. The average Bonchev–Trinajstić information content (AvgIpc) is 2.88. The van der Waals surface area contributed by atoms with Crippen LogP contribution >= 0.6 is 0 Å². The highest BCUT2D eigenvalue weighted by molar-refractivity contribution is 5.96. The Hall–Kier alpha value is -3.19. The molecule has 0 aromatic heterocycles. The first-order chi connectivity index (χ1) is 18.5. The van der Waals surface area contributed by atoms with E-state index < -0.39 is 0 Å². The van der Waals surface area contributed by atoms with Gasteiger partial charge in [0.15, 0.2) is 0 Å². The second-order valence-electron chi connectivity index (χ2n) is 12.2. The number of carbonyl (C=O) groups is 1. The lowest BCUT2D eigenvalue weighted by molar-refractivity contribution is -0.133. The third kappa shape index (κ3) is 6.19. The summed E-state index contributed by atoms with van der Waals surface area (Å²) in [5, 5.41) is 0. The van der Waals surface area contributed by atoms with Crippen LogP contribution in [0.1, 0.15) is 64.5 Å². The van der Waals surface area contributed by atoms with Crippen LogP contribution in [0.4, 0.5) is 0 Å². The van der Waals surface area contributed by atoms with Crippen LogP contribution in [0.2, 0.25) is 0 Å². The fourth-order valence-electron chi connectivity index (χ4n) is 5.76. The number of rotatable bonds is 6. The van der Waals surface area contributed by atoms with Gasteiger partial charge in [0.25, 0.3) is 0 Å². The van der Waals surface area contributed by atoms with Crippen molar-refractivity contribution in [2.75, 3.05) is 46.9 Å². The minimum Gasteiger partial charge on any atom is -0.497 e. The summed E-state index contributed by atoms with van der Waals surface area (Å²) in [6.45, 7) is 12.5. The van der Waals surface area contributed by atoms with Gasteiger partial charge in [-0.25, -0.2) is 0 Å². The number of methoxy groups -OCH3 is 1. The molecule has 1 amide bonds. The Kier molecular flexibility index (Phi) is 7.55. The Bertz CT molecular complexity index is 1260. The minimum absolute atomic E-state index is 0.218. The number of hydrogen-bond donors (Lipinski definition) is 0. The van der Waals surface area contributed by atoms with Crippen LogP contribution in [0.5, 0.6) is 23.0 Å². The van der Waals surface area contributed by atoms with Crippen molar-refractivity contribution < 1.29 is 23.7 Å². The third-order valence-electron chi connectivity index (χ3n) is 7.79. The normalized spacial score (nSPS) is 21.7. The highest BCUT2D eigenvalue weighted by Gasteiger charge is 2.37. The van der Waals surface area contributed by atoms with E-state index in [1.807, 2.05) is 29.2 Å². The second kappa shape index (κ2) is 10.8. The molecule has 0 spiro atoms. The molecule has 2 aromatic carbocycles. The van der Waals surface area contributed by atoms with Crippen molar-refractivity contribution in [1.82, 2.24) is 9.80 Å². The van der Waals surface area contributed by atoms with Gasteiger partial charge in [0.05, 0.1) is 13.7 Å². The summed E-state index contributed by atoms with van der Waals surface area (Å²) in [4.78, 5) is 16.8. The summed E-state index contributed by atoms with van der Waals surface area (Å²) in [5.41, 5.74) is 4.08. The third-order valence-corrected chi connectivity index (χ3v) is 7.79. The van der Waals surface area contributed by atoms with Gasteiger partial charge in [-0.1, -0.05) is 0 Å². The van der Waals surface area contributed by atoms with Crippen molar-refractivity contribution in [3.05, 3.63) is 47.5 Å². The van der Waals surface area contributed by atoms with Crippen LogP contribution in [0, 0.1) is 0 Å². The number of amides is 1. The molecule has 2 aromatic rings. The number of fused-ring (bicyclic) bond motifs is 2. The zero-order valence-corrected chi connectivity index (χ0v) is 24.3. The van der Waals surface area contributed by atoms with Crippen molar-refractivity contribution >= 4 is 17.1 Å². The quantitative estimate of drug-likeness (QED) is 0.446. The van der Waals surface area contributed by atoms with Crippen molar-refractivity contribution in [2.24, 2.45) is 0 Å². The molecular weight excluding hydrogens is 492 g/mol. The Morgan fingerprint density at radius 1 is 0.846 bits per heavy atom. The molecule has 0 aliphatic carbocycles. The Morgan fingerprint density at radius 3 is 1.95 bits per heavy atom. The topological polar surface area (TPSA) is 60.5 Å². The van der Waals surface area contributed by atoms with E-state index in [0.717, 1.165) is 73.1 Å². The smallest absolute Gasteiger partial charge is 0.222 e. The van der Waals surface area contributed by atoms with E-state index in [4.69, 9.17) is 18.9 Å². The molecule has 0 unspecified atom stereocenters. The van der Waals surface area contributed by atoms with Crippen LogP contribution in [0.15, 0.2) is 36.4 Å². The molecule has 0 bridgehead atoms. The van der Waals surface area contributed by atoms with Gasteiger partial charge in [0.1, 0.15) is 34.2 Å². The zero-order valence-electron chi connectivity index (χ0n) is 24.3. The second-order valence-corrected chi connectivity index (χ2v) is 12.2. The fourth-order valence-corrected chi connectivity index (χ4v) is 5.76. The van der Waals surface area contributed by atoms with Gasteiger partial charge in [-0.2, -0.15) is 0 Å². The van der Waals surface area contributed by atoms with Gasteiger partial charge in [-0.15, -0.1) is 0 Å². The minimum atomic E-state index is -0.363. The fraction of sp³-hybridized carbons (Fsp3) is 0.531. The number of hydrogen-bond acceptors (Lipinski definition) is 6. The lowest BCUT2D eigenvalue weighted by Crippen LogP contribution is -2.47. The SMILES string of the molecule is COc1ccc2c(c1)OC(C)(C)C/C2=C1/CC(C)(C)Oc2cc(OCCCC(=O)N3CCN(C)CC3)ccc21. The highest BCUT2D eigenvalue weighted by Crippen LogP contribution is 2.50. The summed E-state index contributed by atoms with van der Waals surface area (Å²) in [6, 6.07) is 12.2. The van der Waals surface area contributed by atoms with Crippen molar-refractivity contribution in [2.45, 2.75) is 64.6 Å². The van der Waals surface area contributed by atoms with Crippen LogP contribution in [-0.4, -0.2) is 73.9 Å². The first-order valence-corrected chi connectivity index (χ1v) is 14.1. The van der Waals surface area contributed by atoms with Gasteiger partial charge < -0.3 is 28.7 Å². The number of benzene rings is 2. The molecule has 0 N–H and O–H groups in total. The van der Waals surface area contributed by atoms with E-state index in [0.29, 0.717) is 19.4 Å². The van der Waals surface area contributed by atoms with Gasteiger partial charge in [0.2, 0.25) is 5.91 Å².